The van der Waals surface area contributed by atoms with Gasteiger partial charge in [-0.25, -0.2) is 0 Å². The molecule has 92 valence electrons. The van der Waals surface area contributed by atoms with Crippen LogP contribution in [0.15, 0.2) is 42.9 Å². The first-order valence-corrected chi connectivity index (χ1v) is 5.46. The topological polar surface area (TPSA) is 66.3 Å². The molecule has 0 aliphatic carbocycles. The fraction of sp³-hybridized carbons (Fsp3) is 0.154. The van der Waals surface area contributed by atoms with Crippen molar-refractivity contribution in [1.29, 1.82) is 0 Å². The van der Waals surface area contributed by atoms with E-state index in [9.17, 15) is 9.90 Å². The fourth-order valence-corrected chi connectivity index (χ4v) is 1.57. The summed E-state index contributed by atoms with van der Waals surface area (Å²) in [5.74, 6) is -0.226. The third-order valence-electron chi connectivity index (χ3n) is 2.44. The molecule has 0 saturated carbocycles. The minimum absolute atomic E-state index is 0.0212. The molecule has 0 bridgehead atoms. The summed E-state index contributed by atoms with van der Waals surface area (Å²) in [6.07, 6.45) is 4.40. The molecule has 0 atom stereocenters. The second-order valence-electron chi connectivity index (χ2n) is 3.91. The van der Waals surface area contributed by atoms with Crippen molar-refractivity contribution in [3.63, 3.8) is 0 Å². The van der Waals surface area contributed by atoms with Crippen molar-refractivity contribution in [3.8, 4) is 5.75 Å². The van der Waals surface area contributed by atoms with Gasteiger partial charge in [0.2, 0.25) is 0 Å². The lowest BCUT2D eigenvalue weighted by Gasteiger charge is -2.16. The molecule has 0 aliphatic rings. The maximum Gasteiger partial charge on any atom is 0.255 e. The highest BCUT2D eigenvalue weighted by Gasteiger charge is 2.13. The second kappa shape index (κ2) is 5.27. The van der Waals surface area contributed by atoms with Crippen LogP contribution in [0.4, 0.5) is 0 Å². The molecule has 0 radical (unpaired) electrons. The zero-order valence-electron chi connectivity index (χ0n) is 9.95. The first-order chi connectivity index (χ1) is 8.66. The zero-order chi connectivity index (χ0) is 13.0. The molecular weight excluding hydrogens is 230 g/mol. The Labute approximate surface area is 105 Å². The zero-order valence-corrected chi connectivity index (χ0v) is 9.95. The van der Waals surface area contributed by atoms with E-state index >= 15 is 0 Å². The van der Waals surface area contributed by atoms with Crippen molar-refractivity contribution in [2.75, 3.05) is 7.05 Å². The number of hydrogen-bond acceptors (Lipinski definition) is 4. The van der Waals surface area contributed by atoms with Gasteiger partial charge in [0.1, 0.15) is 5.75 Å². The molecule has 2 aromatic heterocycles. The van der Waals surface area contributed by atoms with Gasteiger partial charge in [-0.2, -0.15) is 0 Å². The molecule has 1 N–H and O–H groups in total. The van der Waals surface area contributed by atoms with E-state index in [0.29, 0.717) is 12.1 Å². The van der Waals surface area contributed by atoms with Crippen molar-refractivity contribution in [2.24, 2.45) is 0 Å². The van der Waals surface area contributed by atoms with Crippen molar-refractivity contribution < 1.29 is 9.90 Å². The third kappa shape index (κ3) is 2.82. The van der Waals surface area contributed by atoms with Crippen LogP contribution in [0.25, 0.3) is 0 Å². The van der Waals surface area contributed by atoms with Crippen LogP contribution in [0, 0.1) is 0 Å². The van der Waals surface area contributed by atoms with Crippen molar-refractivity contribution in [1.82, 2.24) is 14.9 Å². The Bertz CT molecular complexity index is 543. The number of hydrogen-bond donors (Lipinski definition) is 1. The molecule has 0 spiro atoms. The van der Waals surface area contributed by atoms with Gasteiger partial charge in [-0.1, -0.05) is 6.07 Å². The van der Waals surface area contributed by atoms with Crippen LogP contribution < -0.4 is 0 Å². The highest BCUT2D eigenvalue weighted by Crippen LogP contribution is 2.11. The van der Waals surface area contributed by atoms with E-state index in [0.717, 1.165) is 5.69 Å². The van der Waals surface area contributed by atoms with Gasteiger partial charge in [-0.05, 0) is 18.2 Å². The van der Waals surface area contributed by atoms with Gasteiger partial charge in [0.05, 0.1) is 24.0 Å². The molecular formula is C13H13N3O2. The number of amides is 1. The lowest BCUT2D eigenvalue weighted by molar-refractivity contribution is 0.0782. The average molecular weight is 243 g/mol. The predicted octanol–water partition coefficient (Wildman–Crippen LogP) is 1.45. The average Bonchev–Trinajstić information content (AvgIpc) is 2.39. The van der Waals surface area contributed by atoms with E-state index in [4.69, 9.17) is 0 Å². The number of carbonyl (C=O) groups excluding carboxylic acids is 1. The number of rotatable bonds is 3. The maximum absolute atomic E-state index is 12.0. The van der Waals surface area contributed by atoms with E-state index in [-0.39, 0.29) is 11.7 Å². The number of carbonyl (C=O) groups is 1. The highest BCUT2D eigenvalue weighted by molar-refractivity contribution is 5.94. The molecule has 1 amide bonds. The Morgan fingerprint density at radius 1 is 1.39 bits per heavy atom. The third-order valence-corrected chi connectivity index (χ3v) is 2.44. The monoisotopic (exact) mass is 243 g/mol. The van der Waals surface area contributed by atoms with Gasteiger partial charge in [0.15, 0.2) is 0 Å². The molecule has 0 aliphatic heterocycles. The molecule has 0 aromatic carbocycles. The first-order valence-electron chi connectivity index (χ1n) is 5.46. The quantitative estimate of drug-likeness (QED) is 0.886. The number of aromatic hydroxyl groups is 1. The Morgan fingerprint density at radius 2 is 2.22 bits per heavy atom. The van der Waals surface area contributed by atoms with Crippen molar-refractivity contribution in [3.05, 3.63) is 54.1 Å². The van der Waals surface area contributed by atoms with Gasteiger partial charge in [-0.3, -0.25) is 14.8 Å². The molecule has 0 fully saturated rings. The predicted molar refractivity (Wildman–Crippen MR) is 65.9 cm³/mol. The Kier molecular flexibility index (Phi) is 3.52. The summed E-state index contributed by atoms with van der Waals surface area (Å²) in [5.41, 5.74) is 1.16. The van der Waals surface area contributed by atoms with Gasteiger partial charge in [0, 0.05) is 19.4 Å². The minimum Gasteiger partial charge on any atom is -0.506 e. The van der Waals surface area contributed by atoms with Crippen LogP contribution in [0.1, 0.15) is 16.1 Å². The van der Waals surface area contributed by atoms with Gasteiger partial charge in [0.25, 0.3) is 5.91 Å². The summed E-state index contributed by atoms with van der Waals surface area (Å²) in [4.78, 5) is 21.5. The summed E-state index contributed by atoms with van der Waals surface area (Å²) >= 11 is 0. The fourth-order valence-electron chi connectivity index (χ4n) is 1.57. The number of pyridine rings is 2. The lowest BCUT2D eigenvalue weighted by Crippen LogP contribution is -2.26. The van der Waals surface area contributed by atoms with Crippen LogP contribution in [0.2, 0.25) is 0 Å². The highest BCUT2D eigenvalue weighted by atomic mass is 16.3. The summed E-state index contributed by atoms with van der Waals surface area (Å²) in [6, 6.07) is 6.94. The molecule has 2 rings (SSSR count). The number of aromatic nitrogens is 2. The largest absolute Gasteiger partial charge is 0.506 e. The minimum atomic E-state index is -0.205. The normalized spacial score (nSPS) is 10.1. The van der Waals surface area contributed by atoms with Crippen LogP contribution in [-0.4, -0.2) is 32.9 Å². The lowest BCUT2D eigenvalue weighted by atomic mass is 10.2. The molecule has 2 heterocycles. The standard InChI is InChI=1S/C13H13N3O2/c1-16(9-11-4-2-3-5-15-11)13(18)10-6-12(17)8-14-7-10/h2-8,17H,9H2,1H3. The van der Waals surface area contributed by atoms with Crippen LogP contribution in [-0.2, 0) is 6.54 Å². The van der Waals surface area contributed by atoms with Gasteiger partial charge in [-0.15, -0.1) is 0 Å². The van der Waals surface area contributed by atoms with E-state index in [1.165, 1.54) is 23.4 Å². The number of nitrogens with zero attached hydrogens (tertiary/aromatic N) is 3. The first kappa shape index (κ1) is 12.0. The molecule has 2 aromatic rings. The van der Waals surface area contributed by atoms with Gasteiger partial charge >= 0.3 is 0 Å². The van der Waals surface area contributed by atoms with E-state index in [1.807, 2.05) is 18.2 Å². The van der Waals surface area contributed by atoms with E-state index in [2.05, 4.69) is 9.97 Å². The van der Waals surface area contributed by atoms with Crippen LogP contribution in [0.5, 0.6) is 5.75 Å². The Hall–Kier alpha value is -2.43. The summed E-state index contributed by atoms with van der Waals surface area (Å²) in [7, 11) is 1.68. The van der Waals surface area contributed by atoms with E-state index in [1.54, 1.807) is 13.2 Å². The van der Waals surface area contributed by atoms with Crippen LogP contribution in [0.3, 0.4) is 0 Å². The molecule has 0 saturated heterocycles. The summed E-state index contributed by atoms with van der Waals surface area (Å²) in [5, 5.41) is 9.29. The maximum atomic E-state index is 12.0. The molecule has 5 nitrogen and oxygen atoms in total. The molecule has 18 heavy (non-hydrogen) atoms. The smallest absolute Gasteiger partial charge is 0.255 e. The summed E-state index contributed by atoms with van der Waals surface area (Å²) < 4.78 is 0. The van der Waals surface area contributed by atoms with Crippen LogP contribution >= 0.6 is 0 Å². The van der Waals surface area contributed by atoms with Crippen molar-refractivity contribution >= 4 is 5.91 Å². The van der Waals surface area contributed by atoms with Crippen molar-refractivity contribution in [2.45, 2.75) is 6.54 Å². The SMILES string of the molecule is CN(Cc1ccccn1)C(=O)c1cncc(O)c1. The molecule has 0 unspecified atom stereocenters. The Balaban J connectivity index is 2.10. The second-order valence-corrected chi connectivity index (χ2v) is 3.91. The van der Waals surface area contributed by atoms with E-state index < -0.39 is 0 Å². The Morgan fingerprint density at radius 3 is 2.89 bits per heavy atom. The molecule has 5 heteroatoms. The summed E-state index contributed by atoms with van der Waals surface area (Å²) in [6.45, 7) is 0.412. The van der Waals surface area contributed by atoms with Gasteiger partial charge < -0.3 is 10.0 Å².